The molecule has 1 aromatic rings. The first-order valence-electron chi connectivity index (χ1n) is 4.65. The summed E-state index contributed by atoms with van der Waals surface area (Å²) in [6.07, 6.45) is -3.75. The number of hydrogen-bond acceptors (Lipinski definition) is 5. The maximum atomic E-state index is 11.7. The lowest BCUT2D eigenvalue weighted by Gasteiger charge is -2.04. The molecule has 0 spiro atoms. The van der Waals surface area contributed by atoms with Crippen LogP contribution in [0.1, 0.15) is 31.1 Å². The van der Waals surface area contributed by atoms with Crippen LogP contribution in [0, 0.1) is 0 Å². The van der Waals surface area contributed by atoms with Gasteiger partial charge in [-0.25, -0.2) is 0 Å². The minimum atomic E-state index is -4.35. The van der Waals surface area contributed by atoms with Gasteiger partial charge in [0.05, 0.1) is 6.04 Å². The standard InChI is InChI=1S/C8H12F3N3O2/c1-2-5(12)7-13-6(14-16-7)3-15-4-8(9,10)11/h5H,2-4,12H2,1H3/t5-/m1/s1. The number of alkyl halides is 3. The largest absolute Gasteiger partial charge is 0.411 e. The quantitative estimate of drug-likeness (QED) is 0.843. The summed E-state index contributed by atoms with van der Waals surface area (Å²) in [5.74, 6) is 0.260. The third-order valence-electron chi connectivity index (χ3n) is 1.74. The molecule has 1 rings (SSSR count). The second-order valence-corrected chi connectivity index (χ2v) is 3.17. The molecule has 0 radical (unpaired) electrons. The van der Waals surface area contributed by atoms with Gasteiger partial charge in [0, 0.05) is 0 Å². The van der Waals surface area contributed by atoms with Crippen molar-refractivity contribution >= 4 is 0 Å². The number of nitrogens with zero attached hydrogens (tertiary/aromatic N) is 2. The van der Waals surface area contributed by atoms with Gasteiger partial charge < -0.3 is 15.0 Å². The van der Waals surface area contributed by atoms with Crippen LogP contribution in [0.2, 0.25) is 0 Å². The molecule has 16 heavy (non-hydrogen) atoms. The Labute approximate surface area is 89.8 Å². The van der Waals surface area contributed by atoms with Crippen LogP contribution in [0.3, 0.4) is 0 Å². The van der Waals surface area contributed by atoms with Gasteiger partial charge in [-0.2, -0.15) is 18.2 Å². The fraction of sp³-hybridized carbons (Fsp3) is 0.750. The topological polar surface area (TPSA) is 74.2 Å². The van der Waals surface area contributed by atoms with Gasteiger partial charge >= 0.3 is 6.18 Å². The van der Waals surface area contributed by atoms with Crippen molar-refractivity contribution in [3.63, 3.8) is 0 Å². The number of hydrogen-bond donors (Lipinski definition) is 1. The van der Waals surface area contributed by atoms with E-state index in [-0.39, 0.29) is 18.3 Å². The average molecular weight is 239 g/mol. The lowest BCUT2D eigenvalue weighted by atomic mass is 10.2. The zero-order chi connectivity index (χ0) is 12.2. The van der Waals surface area contributed by atoms with E-state index in [4.69, 9.17) is 10.3 Å². The highest BCUT2D eigenvalue weighted by atomic mass is 19.4. The smallest absolute Gasteiger partial charge is 0.364 e. The Morgan fingerprint density at radius 1 is 1.50 bits per heavy atom. The summed E-state index contributed by atoms with van der Waals surface area (Å²) in [6, 6.07) is -0.399. The SMILES string of the molecule is CC[C@@H](N)c1nc(COCC(F)(F)F)no1. The normalized spacial score (nSPS) is 14.1. The highest BCUT2D eigenvalue weighted by Gasteiger charge is 2.27. The fourth-order valence-corrected chi connectivity index (χ4v) is 0.909. The van der Waals surface area contributed by atoms with Gasteiger partial charge in [-0.3, -0.25) is 0 Å². The van der Waals surface area contributed by atoms with Crippen molar-refractivity contribution in [3.8, 4) is 0 Å². The summed E-state index contributed by atoms with van der Waals surface area (Å²) < 4.78 is 44.3. The van der Waals surface area contributed by atoms with Gasteiger partial charge in [0.1, 0.15) is 13.2 Å². The Hall–Kier alpha value is -1.15. The van der Waals surface area contributed by atoms with Crippen LogP contribution in [0.15, 0.2) is 4.52 Å². The molecule has 5 nitrogen and oxygen atoms in total. The summed E-state index contributed by atoms with van der Waals surface area (Å²) in [6.45, 7) is 0.144. The molecule has 0 fully saturated rings. The molecule has 0 bridgehead atoms. The first-order chi connectivity index (χ1) is 7.42. The number of nitrogens with two attached hydrogens (primary N) is 1. The number of halogens is 3. The first-order valence-corrected chi connectivity index (χ1v) is 4.65. The molecule has 0 aliphatic heterocycles. The number of aromatic nitrogens is 2. The van der Waals surface area contributed by atoms with Gasteiger partial charge in [-0.05, 0) is 6.42 Å². The summed E-state index contributed by atoms with van der Waals surface area (Å²) in [4.78, 5) is 3.81. The zero-order valence-electron chi connectivity index (χ0n) is 8.62. The molecule has 92 valence electrons. The Balaban J connectivity index is 2.41. The average Bonchev–Trinajstić information content (AvgIpc) is 2.63. The van der Waals surface area contributed by atoms with Crippen molar-refractivity contribution in [3.05, 3.63) is 11.7 Å². The van der Waals surface area contributed by atoms with Gasteiger partial charge in [-0.1, -0.05) is 12.1 Å². The van der Waals surface area contributed by atoms with Crippen molar-refractivity contribution in [1.82, 2.24) is 10.1 Å². The molecule has 0 aromatic carbocycles. The van der Waals surface area contributed by atoms with E-state index in [9.17, 15) is 13.2 Å². The van der Waals surface area contributed by atoms with Crippen molar-refractivity contribution in [2.24, 2.45) is 5.73 Å². The molecule has 0 aliphatic carbocycles. The monoisotopic (exact) mass is 239 g/mol. The molecule has 8 heteroatoms. The minimum absolute atomic E-state index is 0.0585. The van der Waals surface area contributed by atoms with E-state index in [1.807, 2.05) is 6.92 Å². The van der Waals surface area contributed by atoms with Crippen LogP contribution in [0.4, 0.5) is 13.2 Å². The maximum absolute atomic E-state index is 11.7. The molecule has 0 saturated heterocycles. The van der Waals surface area contributed by atoms with Crippen LogP contribution in [0.5, 0.6) is 0 Å². The Morgan fingerprint density at radius 2 is 2.19 bits per heavy atom. The van der Waals surface area contributed by atoms with E-state index in [1.165, 1.54) is 0 Å². The third-order valence-corrected chi connectivity index (χ3v) is 1.74. The van der Waals surface area contributed by atoms with Crippen LogP contribution in [-0.2, 0) is 11.3 Å². The van der Waals surface area contributed by atoms with Crippen molar-refractivity contribution < 1.29 is 22.4 Å². The van der Waals surface area contributed by atoms with Crippen LogP contribution in [-0.4, -0.2) is 22.9 Å². The third kappa shape index (κ3) is 4.15. The molecule has 1 atom stereocenters. The molecule has 0 saturated carbocycles. The zero-order valence-corrected chi connectivity index (χ0v) is 8.62. The highest BCUT2D eigenvalue weighted by Crippen LogP contribution is 2.16. The Bertz CT molecular complexity index is 327. The highest BCUT2D eigenvalue weighted by molar-refractivity contribution is 4.90. The molecule has 1 aromatic heterocycles. The van der Waals surface area contributed by atoms with Gasteiger partial charge in [0.25, 0.3) is 0 Å². The van der Waals surface area contributed by atoms with E-state index in [2.05, 4.69) is 14.9 Å². The Morgan fingerprint density at radius 3 is 2.75 bits per heavy atom. The van der Waals surface area contributed by atoms with Gasteiger partial charge in [-0.15, -0.1) is 0 Å². The van der Waals surface area contributed by atoms with E-state index in [1.54, 1.807) is 0 Å². The first kappa shape index (κ1) is 12.9. The summed E-state index contributed by atoms with van der Waals surface area (Å²) >= 11 is 0. The lowest BCUT2D eigenvalue weighted by Crippen LogP contribution is -2.17. The molecule has 0 unspecified atom stereocenters. The van der Waals surface area contributed by atoms with Crippen LogP contribution in [0.25, 0.3) is 0 Å². The summed E-state index contributed by atoms with van der Waals surface area (Å²) in [7, 11) is 0. The number of ether oxygens (including phenoxy) is 1. The van der Waals surface area contributed by atoms with E-state index in [0.717, 1.165) is 0 Å². The predicted molar refractivity (Wildman–Crippen MR) is 47.2 cm³/mol. The van der Waals surface area contributed by atoms with Gasteiger partial charge in [0.2, 0.25) is 5.89 Å². The number of rotatable bonds is 5. The van der Waals surface area contributed by atoms with Gasteiger partial charge in [0.15, 0.2) is 5.82 Å². The molecular weight excluding hydrogens is 227 g/mol. The van der Waals surface area contributed by atoms with Crippen molar-refractivity contribution in [2.75, 3.05) is 6.61 Å². The molecule has 1 heterocycles. The summed E-state index contributed by atoms with van der Waals surface area (Å²) in [5.41, 5.74) is 5.59. The summed E-state index contributed by atoms with van der Waals surface area (Å²) in [5, 5.41) is 3.45. The fourth-order valence-electron chi connectivity index (χ4n) is 0.909. The molecular formula is C8H12F3N3O2. The second kappa shape index (κ2) is 5.26. The van der Waals surface area contributed by atoms with E-state index in [0.29, 0.717) is 6.42 Å². The second-order valence-electron chi connectivity index (χ2n) is 3.17. The van der Waals surface area contributed by atoms with E-state index >= 15 is 0 Å². The van der Waals surface area contributed by atoms with Crippen LogP contribution < -0.4 is 5.73 Å². The molecule has 0 aliphatic rings. The van der Waals surface area contributed by atoms with Crippen LogP contribution >= 0.6 is 0 Å². The van der Waals surface area contributed by atoms with Crippen molar-refractivity contribution in [1.29, 1.82) is 0 Å². The maximum Gasteiger partial charge on any atom is 0.411 e. The molecule has 0 amide bonds. The van der Waals surface area contributed by atoms with Crippen molar-refractivity contribution in [2.45, 2.75) is 32.2 Å². The lowest BCUT2D eigenvalue weighted by molar-refractivity contribution is -0.177. The minimum Gasteiger partial charge on any atom is -0.364 e. The Kier molecular flexibility index (Phi) is 4.25. The van der Waals surface area contributed by atoms with E-state index < -0.39 is 18.8 Å². The molecule has 2 N–H and O–H groups in total. The predicted octanol–water partition coefficient (Wildman–Crippen LogP) is 1.56.